The summed E-state index contributed by atoms with van der Waals surface area (Å²) >= 11 is 15.7. The fourth-order valence-electron chi connectivity index (χ4n) is 11.6. The van der Waals surface area contributed by atoms with Crippen molar-refractivity contribution in [2.24, 2.45) is 0 Å². The molecule has 0 unspecified atom stereocenters. The molecule has 0 N–H and O–H groups in total. The molecular formula is C76H98S8. The van der Waals surface area contributed by atoms with Crippen LogP contribution in [0.5, 0.6) is 0 Å². The largest absolute Gasteiger partial charge is 0.143 e. The van der Waals surface area contributed by atoms with Gasteiger partial charge in [0.15, 0.2) is 0 Å². The predicted octanol–water partition coefficient (Wildman–Crippen LogP) is 27.0. The zero-order valence-electron chi connectivity index (χ0n) is 51.8. The second kappa shape index (κ2) is 38.9. The van der Waals surface area contributed by atoms with Gasteiger partial charge in [0, 0.05) is 58.5 Å². The zero-order valence-corrected chi connectivity index (χ0v) is 58.3. The molecule has 0 aliphatic rings. The smallest absolute Gasteiger partial charge is 0.0788 e. The molecule has 0 aliphatic carbocycles. The van der Waals surface area contributed by atoms with Gasteiger partial charge in [0.25, 0.3) is 0 Å². The molecule has 84 heavy (non-hydrogen) atoms. The lowest BCUT2D eigenvalue weighted by atomic mass is 10.0. The van der Waals surface area contributed by atoms with Crippen LogP contribution < -0.4 is 0 Å². The van der Waals surface area contributed by atoms with E-state index < -0.39 is 0 Å². The summed E-state index contributed by atoms with van der Waals surface area (Å²) in [5.74, 6) is 13.8. The average molecular weight is 1270 g/mol. The minimum Gasteiger partial charge on any atom is -0.143 e. The third-order valence-electron chi connectivity index (χ3n) is 16.5. The molecule has 0 spiro atoms. The standard InChI is InChI=1S/C76H98S8/c1-5-9-13-17-21-25-35-59-53-55-77-73(59)69-49-45-63(79-69)39-29-31-41-65-47-51-71(81-65)75-61(37-27-23-19-15-11-7-3)57-67(83-75)43-33-34-44-68-58-62(38-28-24-20-16-12-8-4)76(84-68)72-52-48-66(82-72)42-32-30-40-64-46-50-70(80-64)74-60(54-56-78-74)36-26-22-18-14-10-6-2/h45-58H,5-32,35-42H2,1-4H3. The number of rotatable bonds is 42. The number of hydrogen-bond acceptors (Lipinski definition) is 8. The van der Waals surface area contributed by atoms with Gasteiger partial charge >= 0.3 is 0 Å². The van der Waals surface area contributed by atoms with Gasteiger partial charge in [-0.15, -0.1) is 90.7 Å². The Kier molecular flexibility index (Phi) is 30.9. The van der Waals surface area contributed by atoms with Gasteiger partial charge in [0.2, 0.25) is 0 Å². The van der Waals surface area contributed by atoms with Crippen LogP contribution in [0.15, 0.2) is 83.6 Å². The monoisotopic (exact) mass is 1270 g/mol. The first kappa shape index (κ1) is 66.7. The van der Waals surface area contributed by atoms with Crippen LogP contribution in [0, 0.1) is 23.7 Å². The van der Waals surface area contributed by atoms with Gasteiger partial charge in [-0.25, -0.2) is 0 Å². The highest BCUT2D eigenvalue weighted by atomic mass is 32.1. The molecule has 0 nitrogen and oxygen atoms in total. The maximum atomic E-state index is 3.54. The van der Waals surface area contributed by atoms with E-state index in [2.05, 4.69) is 135 Å². The van der Waals surface area contributed by atoms with Crippen molar-refractivity contribution in [2.45, 2.75) is 259 Å². The fourth-order valence-corrected chi connectivity index (χ4v) is 20.4. The number of thiophene rings is 8. The molecule has 8 aromatic heterocycles. The molecule has 8 aromatic rings. The van der Waals surface area contributed by atoms with Crippen LogP contribution in [0.1, 0.15) is 259 Å². The molecular weight excluding hydrogens is 1170 g/mol. The first-order valence-corrected chi connectivity index (χ1v) is 39.9. The lowest BCUT2D eigenvalue weighted by Gasteiger charge is -2.03. The van der Waals surface area contributed by atoms with E-state index in [9.17, 15) is 0 Å². The molecule has 0 saturated carbocycles. The van der Waals surface area contributed by atoms with Crippen molar-refractivity contribution < 1.29 is 0 Å². The lowest BCUT2D eigenvalue weighted by molar-refractivity contribution is 0.608. The third kappa shape index (κ3) is 22.4. The Hall–Kier alpha value is -3.28. The molecule has 0 bridgehead atoms. The van der Waals surface area contributed by atoms with Crippen molar-refractivity contribution in [1.29, 1.82) is 0 Å². The van der Waals surface area contributed by atoms with E-state index in [1.165, 1.54) is 275 Å². The third-order valence-corrected chi connectivity index (χ3v) is 25.9. The molecule has 0 aliphatic heterocycles. The minimum absolute atomic E-state index is 1.13. The molecule has 0 amide bonds. The van der Waals surface area contributed by atoms with Gasteiger partial charge in [-0.3, -0.25) is 0 Å². The zero-order chi connectivity index (χ0) is 58.2. The second-order valence-electron chi connectivity index (χ2n) is 23.5. The van der Waals surface area contributed by atoms with Gasteiger partial charge < -0.3 is 0 Å². The summed E-state index contributed by atoms with van der Waals surface area (Å²) in [6.07, 6.45) is 46.4. The summed E-state index contributed by atoms with van der Waals surface area (Å²) in [5, 5.41) is 4.61. The summed E-state index contributed by atoms with van der Waals surface area (Å²) in [4.78, 5) is 20.1. The summed E-state index contributed by atoms with van der Waals surface area (Å²) in [7, 11) is 0. The Labute approximate surface area is 542 Å². The molecule has 0 aromatic carbocycles. The van der Waals surface area contributed by atoms with Crippen molar-refractivity contribution in [2.75, 3.05) is 0 Å². The fraction of sp³-hybridized carbons (Fsp3) is 0.526. The highest BCUT2D eigenvalue weighted by Gasteiger charge is 2.17. The van der Waals surface area contributed by atoms with Crippen LogP contribution in [0.3, 0.4) is 0 Å². The quantitative estimate of drug-likeness (QED) is 0.0264. The van der Waals surface area contributed by atoms with Crippen LogP contribution in [0.25, 0.3) is 39.0 Å². The van der Waals surface area contributed by atoms with E-state index >= 15 is 0 Å². The van der Waals surface area contributed by atoms with E-state index in [4.69, 9.17) is 0 Å². The number of aryl methyl sites for hydroxylation is 8. The van der Waals surface area contributed by atoms with E-state index in [1.807, 2.05) is 90.7 Å². The van der Waals surface area contributed by atoms with Crippen molar-refractivity contribution in [3.8, 4) is 62.7 Å². The van der Waals surface area contributed by atoms with Gasteiger partial charge in [0.05, 0.1) is 9.75 Å². The second-order valence-corrected chi connectivity index (χ2v) is 32.1. The molecule has 0 radical (unpaired) electrons. The van der Waals surface area contributed by atoms with E-state index in [-0.39, 0.29) is 0 Å². The summed E-state index contributed by atoms with van der Waals surface area (Å²) in [6, 6.07) is 28.8. The van der Waals surface area contributed by atoms with Crippen molar-refractivity contribution >= 4 is 90.7 Å². The number of unbranched alkanes of at least 4 members (excludes halogenated alkanes) is 22. The van der Waals surface area contributed by atoms with Crippen LogP contribution in [0.2, 0.25) is 0 Å². The van der Waals surface area contributed by atoms with E-state index in [0.29, 0.717) is 0 Å². The molecule has 0 fully saturated rings. The van der Waals surface area contributed by atoms with Crippen LogP contribution >= 0.6 is 90.7 Å². The SMILES string of the molecule is CCCCCCCCc1ccsc1-c1ccc(CCCCc2ccc(-c3sc(C#CC#Cc4cc(CCCCCCCC)c(-c5ccc(CCCCc6ccc(-c7sccc7CCCCCCCC)s6)s5)s4)cc3CCCCCCCC)s2)s1. The highest BCUT2D eigenvalue weighted by Crippen LogP contribution is 2.42. The van der Waals surface area contributed by atoms with E-state index in [0.717, 1.165) is 35.4 Å². The first-order chi connectivity index (χ1) is 41.5. The molecule has 0 atom stereocenters. The van der Waals surface area contributed by atoms with Gasteiger partial charge in [-0.2, -0.15) is 0 Å². The Morgan fingerprint density at radius 3 is 0.857 bits per heavy atom. The van der Waals surface area contributed by atoms with Crippen LogP contribution in [-0.2, 0) is 51.4 Å². The molecule has 8 rings (SSSR count). The first-order valence-electron chi connectivity index (χ1n) is 33.3. The molecule has 0 saturated heterocycles. The minimum atomic E-state index is 1.13. The topological polar surface area (TPSA) is 0 Å². The number of hydrogen-bond donors (Lipinski definition) is 0. The summed E-state index contributed by atoms with van der Waals surface area (Å²) in [6.45, 7) is 9.23. The molecule has 8 heteroatoms. The summed E-state index contributed by atoms with van der Waals surface area (Å²) < 4.78 is 0. The molecule has 450 valence electrons. The summed E-state index contributed by atoms with van der Waals surface area (Å²) in [5.41, 5.74) is 6.08. The van der Waals surface area contributed by atoms with Crippen molar-refractivity contribution in [1.82, 2.24) is 0 Å². The van der Waals surface area contributed by atoms with Crippen LogP contribution in [-0.4, -0.2) is 0 Å². The maximum absolute atomic E-state index is 3.54. The normalized spacial score (nSPS) is 11.4. The van der Waals surface area contributed by atoms with Gasteiger partial charge in [-0.1, -0.05) is 156 Å². The Morgan fingerprint density at radius 2 is 0.536 bits per heavy atom. The van der Waals surface area contributed by atoms with Crippen molar-refractivity contribution in [3.63, 3.8) is 0 Å². The maximum Gasteiger partial charge on any atom is 0.0788 e. The van der Waals surface area contributed by atoms with Gasteiger partial charge in [-0.05, 0) is 232 Å². The highest BCUT2D eigenvalue weighted by molar-refractivity contribution is 7.24. The average Bonchev–Trinajstić information content (AvgIpc) is 4.53. The Bertz CT molecular complexity index is 2980. The molecule has 8 heterocycles. The van der Waals surface area contributed by atoms with Crippen molar-refractivity contribution in [3.05, 3.63) is 135 Å². The van der Waals surface area contributed by atoms with E-state index in [1.54, 1.807) is 11.1 Å². The Morgan fingerprint density at radius 1 is 0.262 bits per heavy atom. The predicted molar refractivity (Wildman–Crippen MR) is 386 cm³/mol. The Balaban J connectivity index is 0.856. The van der Waals surface area contributed by atoms with Gasteiger partial charge in [0.1, 0.15) is 0 Å². The van der Waals surface area contributed by atoms with Crippen LogP contribution in [0.4, 0.5) is 0 Å². The lowest BCUT2D eigenvalue weighted by Crippen LogP contribution is -1.86.